The minimum absolute atomic E-state index is 0. The second-order valence-corrected chi connectivity index (χ2v) is 8.93. The first-order chi connectivity index (χ1) is 15.7. The quantitative estimate of drug-likeness (QED) is 0.622. The molecule has 1 fully saturated rings. The lowest BCUT2D eigenvalue weighted by Gasteiger charge is -2.29. The number of fused-ring (bicyclic) bond motifs is 2. The zero-order valence-electron chi connectivity index (χ0n) is 18.5. The van der Waals surface area contributed by atoms with Crippen LogP contribution in [0.15, 0.2) is 42.5 Å². The van der Waals surface area contributed by atoms with E-state index in [1.807, 2.05) is 24.3 Å². The van der Waals surface area contributed by atoms with Gasteiger partial charge in [0.15, 0.2) is 11.5 Å². The van der Waals surface area contributed by atoms with Crippen LogP contribution in [0.25, 0.3) is 0 Å². The monoisotopic (exact) mass is 471 g/mol. The molecule has 7 nitrogen and oxygen atoms in total. The van der Waals surface area contributed by atoms with E-state index in [9.17, 15) is 9.59 Å². The molecule has 2 aliphatic heterocycles. The fraction of sp³-hybridized carbons (Fsp3) is 0.440. The van der Waals surface area contributed by atoms with Crippen LogP contribution in [0, 0.1) is 11.8 Å². The van der Waals surface area contributed by atoms with Gasteiger partial charge in [0.1, 0.15) is 0 Å². The van der Waals surface area contributed by atoms with E-state index in [1.165, 1.54) is 11.1 Å². The molecule has 2 amide bonds. The van der Waals surface area contributed by atoms with Gasteiger partial charge in [-0.15, -0.1) is 12.4 Å². The molecule has 1 unspecified atom stereocenters. The van der Waals surface area contributed by atoms with Gasteiger partial charge in [-0.25, -0.2) is 0 Å². The highest BCUT2D eigenvalue weighted by Gasteiger charge is 2.28. The number of hydrogen-bond acceptors (Lipinski definition) is 5. The van der Waals surface area contributed by atoms with Gasteiger partial charge in [-0.2, -0.15) is 0 Å². The average Bonchev–Trinajstić information content (AvgIpc) is 3.30. The Morgan fingerprint density at radius 2 is 1.70 bits per heavy atom. The van der Waals surface area contributed by atoms with E-state index in [2.05, 4.69) is 28.1 Å². The van der Waals surface area contributed by atoms with Gasteiger partial charge in [-0.05, 0) is 61.3 Å². The molecule has 5 rings (SSSR count). The Morgan fingerprint density at radius 1 is 0.939 bits per heavy atom. The second kappa shape index (κ2) is 10.4. The summed E-state index contributed by atoms with van der Waals surface area (Å²) in [5.74, 6) is 1.92. The Kier molecular flexibility index (Phi) is 7.40. The van der Waals surface area contributed by atoms with Crippen LogP contribution in [0.3, 0.4) is 0 Å². The fourth-order valence-electron chi connectivity index (χ4n) is 4.86. The number of ether oxygens (including phenoxy) is 2. The maximum Gasteiger partial charge on any atom is 0.237 e. The molecule has 176 valence electrons. The predicted molar refractivity (Wildman–Crippen MR) is 128 cm³/mol. The molecule has 0 spiro atoms. The van der Waals surface area contributed by atoms with Gasteiger partial charge < -0.3 is 25.4 Å². The van der Waals surface area contributed by atoms with Crippen LogP contribution in [0.2, 0.25) is 0 Å². The zero-order chi connectivity index (χ0) is 21.9. The minimum Gasteiger partial charge on any atom is -0.454 e. The van der Waals surface area contributed by atoms with Crippen molar-refractivity contribution >= 4 is 29.9 Å². The van der Waals surface area contributed by atoms with Gasteiger partial charge in [0.25, 0.3) is 0 Å². The summed E-state index contributed by atoms with van der Waals surface area (Å²) in [7, 11) is 0. The van der Waals surface area contributed by atoms with Crippen LogP contribution in [0.1, 0.15) is 36.8 Å². The number of carbonyl (C=O) groups is 2. The van der Waals surface area contributed by atoms with E-state index in [0.29, 0.717) is 24.0 Å². The normalized spacial score (nSPS) is 23.1. The molecule has 2 aromatic rings. The molecule has 0 radical (unpaired) electrons. The van der Waals surface area contributed by atoms with Crippen molar-refractivity contribution in [2.45, 2.75) is 44.7 Å². The van der Waals surface area contributed by atoms with Crippen molar-refractivity contribution in [1.29, 1.82) is 0 Å². The molecule has 1 atom stereocenters. The number of halogens is 1. The molecule has 33 heavy (non-hydrogen) atoms. The van der Waals surface area contributed by atoms with Crippen molar-refractivity contribution in [3.8, 4) is 11.5 Å². The summed E-state index contributed by atoms with van der Waals surface area (Å²) in [6, 6.07) is 13.6. The van der Waals surface area contributed by atoms with Crippen molar-refractivity contribution in [2.24, 2.45) is 11.8 Å². The summed E-state index contributed by atoms with van der Waals surface area (Å²) in [6.07, 6.45) is 4.30. The number of hydrogen-bond donors (Lipinski definition) is 3. The second-order valence-electron chi connectivity index (χ2n) is 8.93. The average molecular weight is 472 g/mol. The molecule has 3 aliphatic rings. The number of amides is 2. The molecule has 1 saturated carbocycles. The molecule has 0 bridgehead atoms. The third kappa shape index (κ3) is 5.42. The molecule has 0 saturated heterocycles. The lowest BCUT2D eigenvalue weighted by Crippen LogP contribution is -2.48. The van der Waals surface area contributed by atoms with Crippen molar-refractivity contribution in [2.75, 3.05) is 18.7 Å². The molecule has 0 aromatic heterocycles. The maximum atomic E-state index is 12.7. The van der Waals surface area contributed by atoms with Crippen molar-refractivity contribution in [3.63, 3.8) is 0 Å². The van der Waals surface area contributed by atoms with Crippen LogP contribution in [0.5, 0.6) is 11.5 Å². The van der Waals surface area contributed by atoms with Gasteiger partial charge >= 0.3 is 0 Å². The van der Waals surface area contributed by atoms with Crippen molar-refractivity contribution in [1.82, 2.24) is 10.6 Å². The Morgan fingerprint density at radius 3 is 2.52 bits per heavy atom. The molecule has 2 aromatic carbocycles. The summed E-state index contributed by atoms with van der Waals surface area (Å²) in [6.45, 7) is 1.63. The van der Waals surface area contributed by atoms with E-state index in [4.69, 9.17) is 9.47 Å². The summed E-state index contributed by atoms with van der Waals surface area (Å²) >= 11 is 0. The van der Waals surface area contributed by atoms with Crippen LogP contribution < -0.4 is 25.4 Å². The zero-order valence-corrected chi connectivity index (χ0v) is 19.3. The first-order valence-electron chi connectivity index (χ1n) is 11.4. The maximum absolute atomic E-state index is 12.7. The highest BCUT2D eigenvalue weighted by molar-refractivity contribution is 5.93. The van der Waals surface area contributed by atoms with Crippen LogP contribution in [-0.4, -0.2) is 31.2 Å². The molecule has 2 heterocycles. The van der Waals surface area contributed by atoms with Crippen LogP contribution in [0.4, 0.5) is 5.69 Å². The molecular formula is C25H30ClN3O4. The van der Waals surface area contributed by atoms with E-state index in [1.54, 1.807) is 6.07 Å². The van der Waals surface area contributed by atoms with Crippen molar-refractivity contribution < 1.29 is 19.1 Å². The van der Waals surface area contributed by atoms with Crippen LogP contribution >= 0.6 is 12.4 Å². The summed E-state index contributed by atoms with van der Waals surface area (Å²) in [4.78, 5) is 25.3. The highest BCUT2D eigenvalue weighted by Crippen LogP contribution is 2.35. The highest BCUT2D eigenvalue weighted by atomic mass is 35.5. The lowest BCUT2D eigenvalue weighted by molar-refractivity contribution is -0.124. The lowest BCUT2D eigenvalue weighted by atomic mass is 9.81. The van der Waals surface area contributed by atoms with E-state index in [-0.39, 0.29) is 43.0 Å². The Hall–Kier alpha value is -2.77. The minimum atomic E-state index is -0.172. The molecule has 3 N–H and O–H groups in total. The van der Waals surface area contributed by atoms with Gasteiger partial charge in [0.05, 0.1) is 6.04 Å². The van der Waals surface area contributed by atoms with Crippen LogP contribution in [-0.2, 0) is 22.6 Å². The number of carbonyl (C=O) groups excluding carboxylic acids is 2. The third-order valence-corrected chi connectivity index (χ3v) is 6.82. The summed E-state index contributed by atoms with van der Waals surface area (Å²) < 4.78 is 10.7. The standard InChI is InChI=1S/C25H29N3O4.ClH/c29-24(28-20-9-10-22-23(12-20)32-15-31-22)17-7-5-16(6-8-17)13-27-25(30)21-11-18-3-1-2-4-19(18)14-26-21;/h1-4,9-10,12,16-17,21,26H,5-8,11,13-15H2,(H,27,30)(H,28,29);1H. The molecule has 8 heteroatoms. The number of rotatable bonds is 5. The van der Waals surface area contributed by atoms with Gasteiger partial charge in [-0.1, -0.05) is 24.3 Å². The Labute approximate surface area is 200 Å². The molecular weight excluding hydrogens is 442 g/mol. The number of anilines is 1. The van der Waals surface area contributed by atoms with E-state index < -0.39 is 0 Å². The Bertz CT molecular complexity index is 1010. The fourth-order valence-corrected chi connectivity index (χ4v) is 4.86. The molecule has 1 aliphatic carbocycles. The topological polar surface area (TPSA) is 88.7 Å². The summed E-state index contributed by atoms with van der Waals surface area (Å²) in [5, 5.41) is 9.48. The van der Waals surface area contributed by atoms with E-state index in [0.717, 1.165) is 44.3 Å². The smallest absolute Gasteiger partial charge is 0.237 e. The van der Waals surface area contributed by atoms with E-state index >= 15 is 0 Å². The largest absolute Gasteiger partial charge is 0.454 e. The van der Waals surface area contributed by atoms with Gasteiger partial charge in [-0.3, -0.25) is 9.59 Å². The Balaban J connectivity index is 0.00000259. The van der Waals surface area contributed by atoms with Gasteiger partial charge in [0, 0.05) is 30.8 Å². The summed E-state index contributed by atoms with van der Waals surface area (Å²) in [5.41, 5.74) is 3.25. The van der Waals surface area contributed by atoms with Crippen molar-refractivity contribution in [3.05, 3.63) is 53.6 Å². The number of nitrogens with one attached hydrogen (secondary N) is 3. The van der Waals surface area contributed by atoms with Gasteiger partial charge in [0.2, 0.25) is 18.6 Å². The third-order valence-electron chi connectivity index (χ3n) is 6.82. The first kappa shape index (κ1) is 23.4. The first-order valence-corrected chi connectivity index (χ1v) is 11.4. The SMILES string of the molecule is Cl.O=C(Nc1ccc2c(c1)OCO2)C1CCC(CNC(=O)C2Cc3ccccc3CN2)CC1. The predicted octanol–water partition coefficient (Wildman–Crippen LogP) is 3.41. The number of benzene rings is 2.